The number of pyridine rings is 1. The molecule has 0 bridgehead atoms. The Kier molecular flexibility index (Phi) is 9.29. The molecule has 3 N–H and O–H groups in total. The van der Waals surface area contributed by atoms with E-state index in [1.165, 1.54) is 27.7 Å². The molecule has 1 fully saturated rings. The maximum atomic E-state index is 13.8. The van der Waals surface area contributed by atoms with Crippen molar-refractivity contribution in [2.45, 2.75) is 37.3 Å². The summed E-state index contributed by atoms with van der Waals surface area (Å²) in [5.41, 5.74) is 4.14. The van der Waals surface area contributed by atoms with E-state index in [0.29, 0.717) is 42.8 Å². The van der Waals surface area contributed by atoms with Crippen LogP contribution in [0.15, 0.2) is 52.4 Å². The summed E-state index contributed by atoms with van der Waals surface area (Å²) >= 11 is 13.1. The van der Waals surface area contributed by atoms with Gasteiger partial charge in [-0.3, -0.25) is 9.79 Å². The van der Waals surface area contributed by atoms with Crippen LogP contribution in [0.1, 0.15) is 24.1 Å². The van der Waals surface area contributed by atoms with Crippen molar-refractivity contribution in [3.05, 3.63) is 63.8 Å². The summed E-state index contributed by atoms with van der Waals surface area (Å²) in [5, 5.41) is 1.13. The first-order valence-corrected chi connectivity index (χ1v) is 14.5. The minimum absolute atomic E-state index is 0.0399. The van der Waals surface area contributed by atoms with Crippen LogP contribution in [0.5, 0.6) is 5.75 Å². The van der Waals surface area contributed by atoms with E-state index in [2.05, 4.69) is 15.4 Å². The zero-order chi connectivity index (χ0) is 28.2. The highest BCUT2D eigenvalue weighted by atomic mass is 35.5. The molecule has 208 valence electrons. The molecule has 1 aromatic heterocycles. The van der Waals surface area contributed by atoms with E-state index < -0.39 is 16.1 Å². The minimum Gasteiger partial charge on any atom is -0.487 e. The lowest BCUT2D eigenvalue weighted by Gasteiger charge is -2.27. The minimum atomic E-state index is -4.12. The van der Waals surface area contributed by atoms with E-state index in [1.54, 1.807) is 13.1 Å². The summed E-state index contributed by atoms with van der Waals surface area (Å²) in [6.07, 6.45) is 2.28. The van der Waals surface area contributed by atoms with Gasteiger partial charge >= 0.3 is 0 Å². The lowest BCUT2D eigenvalue weighted by atomic mass is 10.2. The number of nitrogens with one attached hydrogen (secondary N) is 1. The topological polar surface area (TPSA) is 130 Å². The number of aryl methyl sites for hydroxylation is 1. The molecule has 39 heavy (non-hydrogen) atoms. The molecule has 1 saturated heterocycles. The van der Waals surface area contributed by atoms with Gasteiger partial charge in [0.25, 0.3) is 0 Å². The number of hydrogen-bond acceptors (Lipinski definition) is 7. The van der Waals surface area contributed by atoms with Gasteiger partial charge in [-0.05, 0) is 44.0 Å². The summed E-state index contributed by atoms with van der Waals surface area (Å²) in [6, 6.07) is 11.4. The molecule has 0 spiro atoms. The Morgan fingerprint density at radius 2 is 2.08 bits per heavy atom. The fourth-order valence-corrected chi connectivity index (χ4v) is 7.00. The first-order chi connectivity index (χ1) is 18.6. The fourth-order valence-electron chi connectivity index (χ4n) is 4.48. The number of aromatic nitrogens is 1. The second kappa shape index (κ2) is 12.5. The third-order valence-corrected chi connectivity index (χ3v) is 9.38. The fraction of sp³-hybridized carbons (Fsp3) is 0.346. The number of carbonyl (C=O) groups excluding carboxylic acids is 1. The Morgan fingerprint density at radius 3 is 2.85 bits per heavy atom. The molecule has 1 amide bonds. The summed E-state index contributed by atoms with van der Waals surface area (Å²) in [4.78, 5) is 23.1. The predicted octanol–water partition coefficient (Wildman–Crippen LogP) is 3.53. The summed E-state index contributed by atoms with van der Waals surface area (Å²) in [7, 11) is -2.50. The Labute approximate surface area is 237 Å². The van der Waals surface area contributed by atoms with Crippen LogP contribution in [0.3, 0.4) is 0 Å². The number of likely N-dealkylation sites (N-methyl/N-ethyl adjacent to an activating group) is 1. The molecule has 2 heterocycles. The number of para-hydroxylation sites is 1. The largest absolute Gasteiger partial charge is 0.487 e. The monoisotopic (exact) mass is 592 g/mol. The van der Waals surface area contributed by atoms with Crippen LogP contribution >= 0.6 is 23.2 Å². The molecule has 10 nitrogen and oxygen atoms in total. The lowest BCUT2D eigenvalue weighted by molar-refractivity contribution is -0.133. The quantitative estimate of drug-likeness (QED) is 0.159. The van der Waals surface area contributed by atoms with Gasteiger partial charge in [-0.25, -0.2) is 19.2 Å². The number of ether oxygens (including phenoxy) is 1. The van der Waals surface area contributed by atoms with Gasteiger partial charge in [-0.15, -0.1) is 0 Å². The first-order valence-electron chi connectivity index (χ1n) is 12.3. The van der Waals surface area contributed by atoms with Crippen molar-refractivity contribution in [1.82, 2.24) is 19.6 Å². The van der Waals surface area contributed by atoms with Crippen LogP contribution < -0.4 is 16.0 Å². The SMILES string of the molecule is Cc1ccc2cccc(OCc3c(Cl)ccc(S(=O)(=O)N4CCC[C@H]4C(=O)N(C)CCN=CNN)c3Cl)c2n1. The van der Waals surface area contributed by atoms with E-state index in [9.17, 15) is 13.2 Å². The van der Waals surface area contributed by atoms with Crippen molar-refractivity contribution in [1.29, 1.82) is 0 Å². The van der Waals surface area contributed by atoms with Gasteiger partial charge in [0, 0.05) is 41.8 Å². The zero-order valence-corrected chi connectivity index (χ0v) is 23.9. The van der Waals surface area contributed by atoms with Crippen molar-refractivity contribution in [2.75, 3.05) is 26.7 Å². The van der Waals surface area contributed by atoms with Gasteiger partial charge in [0.2, 0.25) is 15.9 Å². The van der Waals surface area contributed by atoms with E-state index in [0.717, 1.165) is 11.1 Å². The molecule has 1 aliphatic heterocycles. The number of hydrazine groups is 1. The van der Waals surface area contributed by atoms with Gasteiger partial charge < -0.3 is 15.1 Å². The van der Waals surface area contributed by atoms with Gasteiger partial charge in [0.05, 0.1) is 17.9 Å². The van der Waals surface area contributed by atoms with Gasteiger partial charge in [0.15, 0.2) is 0 Å². The van der Waals surface area contributed by atoms with Gasteiger partial charge in [-0.2, -0.15) is 4.31 Å². The third-order valence-electron chi connectivity index (χ3n) is 6.53. The zero-order valence-electron chi connectivity index (χ0n) is 21.6. The number of aliphatic imine (C=N–C) groups is 1. The number of carbonyl (C=O) groups is 1. The molecule has 1 aliphatic rings. The van der Waals surface area contributed by atoms with Crippen molar-refractivity contribution in [3.8, 4) is 5.75 Å². The summed E-state index contributed by atoms with van der Waals surface area (Å²) < 4.78 is 34.8. The standard InChI is InChI=1S/C26H30Cl2N6O4S/c1-17-8-9-18-5-3-7-22(25(18)32-17)38-15-19-20(27)10-11-23(24(19)28)39(36,37)34-13-4-6-21(34)26(35)33(2)14-12-30-16-31-29/h3,5,7-11,16,21H,4,6,12-15,29H2,1-2H3,(H,30,31)/t21-/m0/s1. The van der Waals surface area contributed by atoms with Crippen molar-refractivity contribution in [2.24, 2.45) is 10.8 Å². The summed E-state index contributed by atoms with van der Waals surface area (Å²) in [6.45, 7) is 2.66. The van der Waals surface area contributed by atoms with E-state index in [-0.39, 0.29) is 34.0 Å². The second-order valence-corrected chi connectivity index (χ2v) is 11.8. The number of hydrogen-bond donors (Lipinski definition) is 2. The average molecular weight is 594 g/mol. The number of halogens is 2. The van der Waals surface area contributed by atoms with E-state index >= 15 is 0 Å². The predicted molar refractivity (Wildman–Crippen MR) is 153 cm³/mol. The molecular formula is C26H30Cl2N6O4S. The van der Waals surface area contributed by atoms with Gasteiger partial charge in [0.1, 0.15) is 28.8 Å². The lowest BCUT2D eigenvalue weighted by Crippen LogP contribution is -2.47. The molecule has 3 aromatic rings. The van der Waals surface area contributed by atoms with Crippen molar-refractivity contribution < 1.29 is 17.9 Å². The molecule has 0 aliphatic carbocycles. The molecule has 0 radical (unpaired) electrons. The average Bonchev–Trinajstić information content (AvgIpc) is 3.41. The van der Waals surface area contributed by atoms with Crippen LogP contribution in [0.2, 0.25) is 10.0 Å². The molecule has 2 aromatic carbocycles. The number of benzene rings is 2. The number of fused-ring (bicyclic) bond motifs is 1. The first kappa shape index (κ1) is 29.0. The molecule has 13 heteroatoms. The van der Waals surface area contributed by atoms with Crippen molar-refractivity contribution >= 4 is 56.4 Å². The van der Waals surface area contributed by atoms with E-state index in [1.807, 2.05) is 31.2 Å². The molecule has 0 saturated carbocycles. The van der Waals surface area contributed by atoms with Crippen molar-refractivity contribution in [3.63, 3.8) is 0 Å². The smallest absolute Gasteiger partial charge is 0.245 e. The van der Waals surface area contributed by atoms with Crippen LogP contribution in [0, 0.1) is 6.92 Å². The second-order valence-electron chi connectivity index (χ2n) is 9.14. The molecule has 1 atom stereocenters. The molecule has 4 rings (SSSR count). The number of nitrogens with zero attached hydrogens (tertiary/aromatic N) is 4. The summed E-state index contributed by atoms with van der Waals surface area (Å²) in [5.74, 6) is 5.37. The normalized spacial score (nSPS) is 16.2. The maximum Gasteiger partial charge on any atom is 0.245 e. The van der Waals surface area contributed by atoms with Crippen LogP contribution in [-0.2, 0) is 21.4 Å². The van der Waals surface area contributed by atoms with Crippen LogP contribution in [-0.4, -0.2) is 67.6 Å². The van der Waals surface area contributed by atoms with Crippen LogP contribution in [0.4, 0.5) is 0 Å². The highest BCUT2D eigenvalue weighted by Crippen LogP contribution is 2.36. The Balaban J connectivity index is 1.57. The highest BCUT2D eigenvalue weighted by Gasteiger charge is 2.41. The maximum absolute atomic E-state index is 13.8. The Morgan fingerprint density at radius 1 is 1.28 bits per heavy atom. The number of nitrogens with two attached hydrogens (primary N) is 1. The highest BCUT2D eigenvalue weighted by molar-refractivity contribution is 7.89. The Hall–Kier alpha value is -2.96. The third kappa shape index (κ3) is 6.28. The number of amides is 1. The van der Waals surface area contributed by atoms with E-state index in [4.69, 9.17) is 33.8 Å². The number of rotatable bonds is 10. The molecule has 0 unspecified atom stereocenters. The Bertz CT molecular complexity index is 1500. The van der Waals surface area contributed by atoms with Gasteiger partial charge in [-0.1, -0.05) is 41.4 Å². The number of sulfonamides is 1. The molecular weight excluding hydrogens is 563 g/mol. The van der Waals surface area contributed by atoms with Crippen LogP contribution in [0.25, 0.3) is 10.9 Å².